The average Bonchev–Trinajstić information content (AvgIpc) is 2.79. The Morgan fingerprint density at radius 1 is 0.742 bits per heavy atom. The van der Waals surface area contributed by atoms with Crippen molar-refractivity contribution in [2.24, 2.45) is 0 Å². The van der Waals surface area contributed by atoms with Crippen LogP contribution < -0.4 is 9.80 Å². The molecule has 4 rings (SSSR count). The predicted octanol–water partition coefficient (Wildman–Crippen LogP) is 5.04. The summed E-state index contributed by atoms with van der Waals surface area (Å²) in [5.41, 5.74) is 3.11. The lowest BCUT2D eigenvalue weighted by molar-refractivity contribution is 0.0329. The molecule has 0 radical (unpaired) electrons. The molecule has 2 aliphatic rings. The molecular weight excluding hydrogens is 396 g/mol. The first-order chi connectivity index (χ1) is 15.1. The highest BCUT2D eigenvalue weighted by Gasteiger charge is 2.36. The molecule has 0 aromatic heterocycles. The summed E-state index contributed by atoms with van der Waals surface area (Å²) in [5.74, 6) is 0. The van der Waals surface area contributed by atoms with Gasteiger partial charge >= 0.3 is 12.2 Å². The summed E-state index contributed by atoms with van der Waals surface area (Å²) < 4.78 is 16.8. The van der Waals surface area contributed by atoms with Crippen molar-refractivity contribution >= 4 is 35.7 Å². The fourth-order valence-corrected chi connectivity index (χ4v) is 3.66. The van der Waals surface area contributed by atoms with E-state index in [0.29, 0.717) is 11.4 Å². The molecule has 0 aliphatic carbocycles. The Morgan fingerprint density at radius 2 is 1.16 bits per heavy atom. The van der Waals surface area contributed by atoms with Gasteiger partial charge in [0.1, 0.15) is 0 Å². The van der Waals surface area contributed by atoms with Gasteiger partial charge in [0.15, 0.2) is 12.5 Å². The smallest absolute Gasteiger partial charge is 0.416 e. The Kier molecular flexibility index (Phi) is 6.04. The molecule has 0 N–H and O–H groups in total. The molecule has 0 bridgehead atoms. The monoisotopic (exact) mass is 420 g/mol. The number of hydrogen-bond acceptors (Lipinski definition) is 5. The van der Waals surface area contributed by atoms with Crippen molar-refractivity contribution in [1.29, 1.82) is 0 Å². The zero-order chi connectivity index (χ0) is 21.8. The van der Waals surface area contributed by atoms with E-state index in [9.17, 15) is 9.59 Å². The SMILES string of the molecule is CCOC(=O)N1c2ccccc2C=CC1OC1C=Cc2ccccc2N1C(=O)OCC. The number of ether oxygens (including phenoxy) is 3. The summed E-state index contributed by atoms with van der Waals surface area (Å²) >= 11 is 0. The topological polar surface area (TPSA) is 68.3 Å². The van der Waals surface area contributed by atoms with E-state index in [2.05, 4.69) is 0 Å². The second kappa shape index (κ2) is 9.06. The number of benzene rings is 2. The lowest BCUT2D eigenvalue weighted by Crippen LogP contribution is -2.50. The van der Waals surface area contributed by atoms with Crippen molar-refractivity contribution in [2.75, 3.05) is 23.0 Å². The molecule has 7 heteroatoms. The zero-order valence-electron chi connectivity index (χ0n) is 17.4. The van der Waals surface area contributed by atoms with Gasteiger partial charge in [-0.1, -0.05) is 48.6 Å². The van der Waals surface area contributed by atoms with Gasteiger partial charge in [0.2, 0.25) is 0 Å². The van der Waals surface area contributed by atoms with Crippen molar-refractivity contribution in [3.63, 3.8) is 0 Å². The molecule has 2 atom stereocenters. The number of hydrogen-bond donors (Lipinski definition) is 0. The van der Waals surface area contributed by atoms with Gasteiger partial charge in [-0.2, -0.15) is 0 Å². The molecule has 0 fully saturated rings. The fourth-order valence-electron chi connectivity index (χ4n) is 3.66. The third kappa shape index (κ3) is 4.04. The third-order valence-corrected chi connectivity index (χ3v) is 4.99. The van der Waals surface area contributed by atoms with Crippen LogP contribution in [-0.2, 0) is 14.2 Å². The predicted molar refractivity (Wildman–Crippen MR) is 119 cm³/mol. The zero-order valence-corrected chi connectivity index (χ0v) is 17.4. The van der Waals surface area contributed by atoms with Gasteiger partial charge in [0.05, 0.1) is 24.6 Å². The highest BCUT2D eigenvalue weighted by atomic mass is 16.6. The number of fused-ring (bicyclic) bond motifs is 2. The van der Waals surface area contributed by atoms with Crippen molar-refractivity contribution in [2.45, 2.75) is 26.3 Å². The third-order valence-electron chi connectivity index (χ3n) is 4.99. The minimum Gasteiger partial charge on any atom is -0.449 e. The average molecular weight is 420 g/mol. The maximum Gasteiger partial charge on any atom is 0.416 e. The second-order valence-electron chi connectivity index (χ2n) is 6.89. The van der Waals surface area contributed by atoms with Crippen LogP contribution in [0.5, 0.6) is 0 Å². The number of nitrogens with zero attached hydrogens (tertiary/aromatic N) is 2. The standard InChI is InChI=1S/C24H24N2O5/c1-3-29-23(27)25-19-11-7-5-9-17(19)13-15-21(25)31-22-16-14-18-10-6-8-12-20(18)26(22)24(28)30-4-2/h5-16,21-22H,3-4H2,1-2H3. The lowest BCUT2D eigenvalue weighted by atomic mass is 10.1. The Morgan fingerprint density at radius 3 is 1.58 bits per heavy atom. The summed E-state index contributed by atoms with van der Waals surface area (Å²) in [6, 6.07) is 15.0. The van der Waals surface area contributed by atoms with Gasteiger partial charge in [-0.25, -0.2) is 19.4 Å². The van der Waals surface area contributed by atoms with Gasteiger partial charge in [-0.15, -0.1) is 0 Å². The highest BCUT2D eigenvalue weighted by molar-refractivity contribution is 5.94. The molecule has 2 amide bonds. The largest absolute Gasteiger partial charge is 0.449 e. The first-order valence-electron chi connectivity index (χ1n) is 10.3. The summed E-state index contributed by atoms with van der Waals surface area (Å²) in [7, 11) is 0. The van der Waals surface area contributed by atoms with Crippen LogP contribution in [-0.4, -0.2) is 37.9 Å². The van der Waals surface area contributed by atoms with Crippen molar-refractivity contribution in [1.82, 2.24) is 0 Å². The van der Waals surface area contributed by atoms with Crippen LogP contribution in [0.2, 0.25) is 0 Å². The van der Waals surface area contributed by atoms with Crippen LogP contribution in [0.4, 0.5) is 21.0 Å². The van der Waals surface area contributed by atoms with Crippen LogP contribution in [0.3, 0.4) is 0 Å². The number of anilines is 2. The van der Waals surface area contributed by atoms with E-state index in [1.54, 1.807) is 26.0 Å². The quantitative estimate of drug-likeness (QED) is 0.694. The number of carbonyl (C=O) groups is 2. The normalized spacial score (nSPS) is 18.9. The van der Waals surface area contributed by atoms with E-state index in [1.165, 1.54) is 9.80 Å². The molecule has 2 unspecified atom stereocenters. The second-order valence-corrected chi connectivity index (χ2v) is 6.89. The number of amides is 2. The molecule has 2 heterocycles. The van der Waals surface area contributed by atoms with Crippen LogP contribution >= 0.6 is 0 Å². The van der Waals surface area contributed by atoms with E-state index in [-0.39, 0.29) is 13.2 Å². The summed E-state index contributed by atoms with van der Waals surface area (Å²) in [6.07, 6.45) is 4.75. The minimum atomic E-state index is -0.772. The Labute approximate surface area is 181 Å². The first kappa shape index (κ1) is 20.7. The Bertz CT molecular complexity index is 951. The molecule has 2 aromatic rings. The van der Waals surface area contributed by atoms with Gasteiger partial charge in [0.25, 0.3) is 0 Å². The van der Waals surface area contributed by atoms with Crippen LogP contribution in [0.15, 0.2) is 60.7 Å². The molecule has 0 saturated heterocycles. The molecule has 31 heavy (non-hydrogen) atoms. The molecular formula is C24H24N2O5. The van der Waals surface area contributed by atoms with E-state index in [4.69, 9.17) is 14.2 Å². The molecule has 2 aromatic carbocycles. The van der Waals surface area contributed by atoms with Gasteiger partial charge in [0, 0.05) is 0 Å². The number of carbonyl (C=O) groups excluding carboxylic acids is 2. The molecule has 0 saturated carbocycles. The summed E-state index contributed by atoms with van der Waals surface area (Å²) in [5, 5.41) is 0. The van der Waals surface area contributed by atoms with Crippen LogP contribution in [0.1, 0.15) is 25.0 Å². The van der Waals surface area contributed by atoms with E-state index in [0.717, 1.165) is 11.1 Å². The molecule has 7 nitrogen and oxygen atoms in total. The van der Waals surface area contributed by atoms with Crippen molar-refractivity contribution < 1.29 is 23.8 Å². The van der Waals surface area contributed by atoms with Crippen molar-refractivity contribution in [3.8, 4) is 0 Å². The number of rotatable bonds is 4. The Hall–Kier alpha value is -3.58. The molecule has 2 aliphatic heterocycles. The highest BCUT2D eigenvalue weighted by Crippen LogP contribution is 2.34. The van der Waals surface area contributed by atoms with E-state index >= 15 is 0 Å². The summed E-state index contributed by atoms with van der Waals surface area (Å²) in [4.78, 5) is 28.5. The van der Waals surface area contributed by atoms with Crippen LogP contribution in [0.25, 0.3) is 12.2 Å². The number of para-hydroxylation sites is 2. The van der Waals surface area contributed by atoms with Crippen LogP contribution in [0, 0.1) is 0 Å². The maximum absolute atomic E-state index is 12.8. The van der Waals surface area contributed by atoms with Gasteiger partial charge in [-0.05, 0) is 49.3 Å². The molecule has 0 spiro atoms. The Balaban J connectivity index is 1.67. The summed E-state index contributed by atoms with van der Waals surface area (Å²) in [6.45, 7) is 3.98. The van der Waals surface area contributed by atoms with Crippen molar-refractivity contribution in [3.05, 3.63) is 71.8 Å². The minimum absolute atomic E-state index is 0.236. The lowest BCUT2D eigenvalue weighted by Gasteiger charge is -2.38. The maximum atomic E-state index is 12.8. The first-order valence-corrected chi connectivity index (χ1v) is 10.3. The van der Waals surface area contributed by atoms with E-state index < -0.39 is 24.6 Å². The van der Waals surface area contributed by atoms with Gasteiger partial charge in [-0.3, -0.25) is 0 Å². The van der Waals surface area contributed by atoms with E-state index in [1.807, 2.05) is 60.7 Å². The molecule has 160 valence electrons. The fraction of sp³-hybridized carbons (Fsp3) is 0.250. The van der Waals surface area contributed by atoms with Gasteiger partial charge < -0.3 is 14.2 Å².